The molecular weight excluding hydrogens is 342 g/mol. The van der Waals surface area contributed by atoms with E-state index in [1.165, 1.54) is 0 Å². The van der Waals surface area contributed by atoms with Crippen LogP contribution < -0.4 is 16.0 Å². The number of aromatic amines is 1. The number of nitrogens with two attached hydrogens (primary N) is 1. The van der Waals surface area contributed by atoms with Crippen molar-refractivity contribution in [3.8, 4) is 0 Å². The molecule has 1 amide bonds. The van der Waals surface area contributed by atoms with Gasteiger partial charge in [-0.1, -0.05) is 11.6 Å². The van der Waals surface area contributed by atoms with E-state index >= 15 is 0 Å². The van der Waals surface area contributed by atoms with Crippen molar-refractivity contribution in [2.75, 3.05) is 29.9 Å². The number of halogens is 1. The molecule has 1 unspecified atom stereocenters. The fourth-order valence-electron chi connectivity index (χ4n) is 3.11. The van der Waals surface area contributed by atoms with E-state index in [0.29, 0.717) is 16.4 Å². The monoisotopic (exact) mass is 365 g/mol. The fraction of sp³-hybridized carbons (Fsp3) is 0.529. The minimum absolute atomic E-state index is 0.00224. The highest BCUT2D eigenvalue weighted by molar-refractivity contribution is 6.35. The Labute approximate surface area is 151 Å². The van der Waals surface area contributed by atoms with Crippen LogP contribution in [-0.4, -0.2) is 47.7 Å². The molecule has 0 saturated carbocycles. The molecule has 7 nitrogen and oxygen atoms in total. The molecule has 0 aliphatic carbocycles. The normalized spacial score (nSPS) is 18.1. The Kier molecular flexibility index (Phi) is 5.46. The van der Waals surface area contributed by atoms with Crippen LogP contribution in [0.1, 0.15) is 26.7 Å². The van der Waals surface area contributed by atoms with E-state index in [1.807, 2.05) is 13.8 Å². The number of carbonyl (C=O) groups is 1. The summed E-state index contributed by atoms with van der Waals surface area (Å²) in [5, 5.41) is 4.24. The molecule has 3 heterocycles. The fourth-order valence-corrected chi connectivity index (χ4v) is 3.37. The molecule has 1 atom stereocenters. The van der Waals surface area contributed by atoms with Crippen LogP contribution in [0.3, 0.4) is 0 Å². The summed E-state index contributed by atoms with van der Waals surface area (Å²) in [5.41, 5.74) is 8.32. The van der Waals surface area contributed by atoms with Gasteiger partial charge in [-0.3, -0.25) is 4.79 Å². The van der Waals surface area contributed by atoms with Crippen LogP contribution in [0.5, 0.6) is 0 Å². The second kappa shape index (κ2) is 7.59. The van der Waals surface area contributed by atoms with Crippen LogP contribution in [0.2, 0.25) is 5.02 Å². The van der Waals surface area contributed by atoms with E-state index in [-0.39, 0.29) is 24.7 Å². The van der Waals surface area contributed by atoms with Gasteiger partial charge in [0, 0.05) is 25.3 Å². The van der Waals surface area contributed by atoms with Gasteiger partial charge in [-0.2, -0.15) is 0 Å². The van der Waals surface area contributed by atoms with Gasteiger partial charge in [-0.25, -0.2) is 4.98 Å². The van der Waals surface area contributed by atoms with Gasteiger partial charge in [0.1, 0.15) is 12.3 Å². The maximum absolute atomic E-state index is 12.1. The third kappa shape index (κ3) is 4.05. The third-order valence-corrected chi connectivity index (χ3v) is 4.50. The third-order valence-electron chi connectivity index (χ3n) is 4.23. The number of hydrogen-bond acceptors (Lipinski definition) is 5. The number of aromatic nitrogens is 2. The lowest BCUT2D eigenvalue weighted by atomic mass is 10.1. The predicted octanol–water partition coefficient (Wildman–Crippen LogP) is 2.51. The van der Waals surface area contributed by atoms with E-state index in [9.17, 15) is 4.79 Å². The van der Waals surface area contributed by atoms with Crippen LogP contribution in [0.25, 0.3) is 11.0 Å². The first-order valence-electron chi connectivity index (χ1n) is 8.53. The lowest BCUT2D eigenvalue weighted by molar-refractivity contribution is -0.121. The summed E-state index contributed by atoms with van der Waals surface area (Å²) in [6, 6.07) is 0.115. The van der Waals surface area contributed by atoms with Gasteiger partial charge in [0.05, 0.1) is 34.1 Å². The average Bonchev–Trinajstić information content (AvgIpc) is 2.96. The Hall–Kier alpha value is -1.83. The molecular formula is C17H24ClN5O2. The quantitative estimate of drug-likeness (QED) is 0.756. The zero-order chi connectivity index (χ0) is 18.0. The highest BCUT2D eigenvalue weighted by atomic mass is 35.5. The molecule has 2 aromatic rings. The number of anilines is 2. The molecule has 1 fully saturated rings. The molecule has 136 valence electrons. The molecule has 3 rings (SSSR count). The predicted molar refractivity (Wildman–Crippen MR) is 100 cm³/mol. The van der Waals surface area contributed by atoms with E-state index in [4.69, 9.17) is 22.1 Å². The molecule has 0 spiro atoms. The van der Waals surface area contributed by atoms with Gasteiger partial charge in [-0.05, 0) is 26.7 Å². The zero-order valence-electron chi connectivity index (χ0n) is 14.5. The summed E-state index contributed by atoms with van der Waals surface area (Å²) in [7, 11) is 0. The van der Waals surface area contributed by atoms with Crippen LogP contribution in [0, 0.1) is 0 Å². The van der Waals surface area contributed by atoms with Crippen LogP contribution in [0.4, 0.5) is 11.4 Å². The van der Waals surface area contributed by atoms with Gasteiger partial charge in [0.15, 0.2) is 0 Å². The highest BCUT2D eigenvalue weighted by Crippen LogP contribution is 2.38. The molecule has 4 N–H and O–H groups in total. The number of nitrogens with one attached hydrogen (secondary N) is 2. The number of piperidine rings is 1. The van der Waals surface area contributed by atoms with E-state index < -0.39 is 0 Å². The molecule has 0 aromatic carbocycles. The van der Waals surface area contributed by atoms with Crippen molar-refractivity contribution in [1.82, 2.24) is 9.97 Å². The number of nitrogens with zero attached hydrogens (tertiary/aromatic N) is 2. The van der Waals surface area contributed by atoms with E-state index in [0.717, 1.165) is 37.0 Å². The minimum atomic E-state index is -0.212. The maximum Gasteiger partial charge on any atom is 0.250 e. The molecule has 2 aromatic heterocycles. The Morgan fingerprint density at radius 1 is 1.60 bits per heavy atom. The lowest BCUT2D eigenvalue weighted by Gasteiger charge is -2.33. The van der Waals surface area contributed by atoms with Crippen molar-refractivity contribution in [2.24, 2.45) is 5.73 Å². The molecule has 0 bridgehead atoms. The molecule has 1 aliphatic rings. The van der Waals surface area contributed by atoms with Gasteiger partial charge < -0.3 is 25.7 Å². The molecule has 0 radical (unpaired) electrons. The maximum atomic E-state index is 12.1. The Bertz CT molecular complexity index is 761. The highest BCUT2D eigenvalue weighted by Gasteiger charge is 2.24. The minimum Gasteiger partial charge on any atom is -0.369 e. The van der Waals surface area contributed by atoms with Crippen LogP contribution >= 0.6 is 11.6 Å². The smallest absolute Gasteiger partial charge is 0.250 e. The summed E-state index contributed by atoms with van der Waals surface area (Å²) >= 11 is 6.46. The van der Waals surface area contributed by atoms with Gasteiger partial charge >= 0.3 is 0 Å². The van der Waals surface area contributed by atoms with Gasteiger partial charge in [0.2, 0.25) is 5.91 Å². The Balaban J connectivity index is 1.92. The summed E-state index contributed by atoms with van der Waals surface area (Å²) in [5.74, 6) is -0.212. The van der Waals surface area contributed by atoms with Gasteiger partial charge in [0.25, 0.3) is 0 Å². The summed E-state index contributed by atoms with van der Waals surface area (Å²) in [6.45, 7) is 5.39. The molecule has 1 aliphatic heterocycles. The molecule has 25 heavy (non-hydrogen) atoms. The Morgan fingerprint density at radius 3 is 3.12 bits per heavy atom. The summed E-state index contributed by atoms with van der Waals surface area (Å²) < 4.78 is 5.36. The molecule has 1 saturated heterocycles. The van der Waals surface area contributed by atoms with E-state index in [2.05, 4.69) is 20.2 Å². The topological polar surface area (TPSA) is 96.3 Å². The van der Waals surface area contributed by atoms with Crippen LogP contribution in [0.15, 0.2) is 12.4 Å². The van der Waals surface area contributed by atoms with Crippen molar-refractivity contribution in [3.63, 3.8) is 0 Å². The largest absolute Gasteiger partial charge is 0.369 e. The first-order valence-corrected chi connectivity index (χ1v) is 8.91. The number of carbonyl (C=O) groups excluding carboxylic acids is 1. The van der Waals surface area contributed by atoms with Crippen molar-refractivity contribution in [3.05, 3.63) is 17.4 Å². The SMILES string of the molecule is CC(C)OCC(=O)Nc1c[nH]c2ncc(Cl)c(N3CCCC(N)C3)c12. The van der Waals surface area contributed by atoms with Crippen molar-refractivity contribution in [1.29, 1.82) is 0 Å². The first-order chi connectivity index (χ1) is 12.0. The summed E-state index contributed by atoms with van der Waals surface area (Å²) in [4.78, 5) is 21.7. The standard InChI is InChI=1S/C17H24ClN5O2/c1-10(2)25-9-14(24)22-13-7-21-17-15(13)16(12(18)6-20-17)23-5-3-4-11(19)8-23/h6-7,10-11H,3-5,8-9,19H2,1-2H3,(H,20,21)(H,22,24). The second-order valence-electron chi connectivity index (χ2n) is 6.64. The van der Waals surface area contributed by atoms with Gasteiger partial charge in [-0.15, -0.1) is 0 Å². The number of pyridine rings is 1. The zero-order valence-corrected chi connectivity index (χ0v) is 15.3. The van der Waals surface area contributed by atoms with Crippen molar-refractivity contribution < 1.29 is 9.53 Å². The number of H-pyrrole nitrogens is 1. The number of ether oxygens (including phenoxy) is 1. The lowest BCUT2D eigenvalue weighted by Crippen LogP contribution is -2.43. The van der Waals surface area contributed by atoms with Crippen LogP contribution in [-0.2, 0) is 9.53 Å². The average molecular weight is 366 g/mol. The van der Waals surface area contributed by atoms with E-state index in [1.54, 1.807) is 12.4 Å². The van der Waals surface area contributed by atoms with Crippen molar-refractivity contribution >= 4 is 39.9 Å². The first kappa shape index (κ1) is 18.0. The van der Waals surface area contributed by atoms with Crippen molar-refractivity contribution in [2.45, 2.75) is 38.8 Å². The number of rotatable bonds is 5. The number of fused-ring (bicyclic) bond motifs is 1. The number of amides is 1. The Morgan fingerprint density at radius 2 is 2.40 bits per heavy atom. The second-order valence-corrected chi connectivity index (χ2v) is 7.04. The number of hydrogen-bond donors (Lipinski definition) is 3. The molecule has 8 heteroatoms. The summed E-state index contributed by atoms with van der Waals surface area (Å²) in [6.07, 6.45) is 5.37.